The Balaban J connectivity index is 1.85. The average Bonchev–Trinajstić information content (AvgIpc) is 2.69. The quantitative estimate of drug-likeness (QED) is 0.205. The number of allylic oxidation sites excluding steroid dienone is 1. The van der Waals surface area contributed by atoms with Crippen LogP contribution in [0, 0.1) is 0 Å². The summed E-state index contributed by atoms with van der Waals surface area (Å²) in [7, 11) is 0. The predicted octanol–water partition coefficient (Wildman–Crippen LogP) is 3.92. The molecule has 0 aliphatic rings. The first-order chi connectivity index (χ1) is 13.4. The summed E-state index contributed by atoms with van der Waals surface area (Å²) in [5.74, 6) is -1.93. The Morgan fingerprint density at radius 2 is 1.57 bits per heavy atom. The summed E-state index contributed by atoms with van der Waals surface area (Å²) in [6.45, 7) is 0. The molecule has 0 aromatic heterocycles. The number of esters is 1. The average molecular weight is 376 g/mol. The number of carbonyl (C=O) groups is 2. The zero-order chi connectivity index (χ0) is 20.1. The van der Waals surface area contributed by atoms with Crippen LogP contribution in [0.3, 0.4) is 0 Å². The Bertz CT molecular complexity index is 1050. The summed E-state index contributed by atoms with van der Waals surface area (Å²) in [5, 5.41) is 28.5. The van der Waals surface area contributed by atoms with Crippen LogP contribution in [0.5, 0.6) is 23.0 Å². The molecule has 0 aliphatic heterocycles. The van der Waals surface area contributed by atoms with E-state index in [0.29, 0.717) is 11.1 Å². The SMILES string of the molecule is O=C(Oc1cc(O)ccc1C(=O)/C=C/c1ccc(O)c(O)c1)c1ccccc1. The molecule has 0 saturated heterocycles. The molecule has 28 heavy (non-hydrogen) atoms. The van der Waals surface area contributed by atoms with Crippen LogP contribution in [-0.2, 0) is 0 Å². The Hall–Kier alpha value is -4.06. The largest absolute Gasteiger partial charge is 0.508 e. The van der Waals surface area contributed by atoms with Crippen molar-refractivity contribution in [2.24, 2.45) is 0 Å². The van der Waals surface area contributed by atoms with Crippen LogP contribution in [0.1, 0.15) is 26.3 Å². The standard InChI is InChI=1S/C22H16O6/c23-16-8-9-17(18(24)10-6-14-7-11-19(25)20(26)12-14)21(13-16)28-22(27)15-4-2-1-3-5-15/h1-13,23,25-26H/b10-6+. The fourth-order valence-corrected chi connectivity index (χ4v) is 2.44. The van der Waals surface area contributed by atoms with Gasteiger partial charge in [0.1, 0.15) is 11.5 Å². The van der Waals surface area contributed by atoms with Gasteiger partial charge in [-0.2, -0.15) is 0 Å². The van der Waals surface area contributed by atoms with Gasteiger partial charge < -0.3 is 20.1 Å². The van der Waals surface area contributed by atoms with Gasteiger partial charge in [-0.05, 0) is 48.0 Å². The monoisotopic (exact) mass is 376 g/mol. The number of benzene rings is 3. The van der Waals surface area contributed by atoms with Gasteiger partial charge in [0.2, 0.25) is 0 Å². The second-order valence-electron chi connectivity index (χ2n) is 5.88. The van der Waals surface area contributed by atoms with Gasteiger partial charge >= 0.3 is 5.97 Å². The van der Waals surface area contributed by atoms with Crippen molar-refractivity contribution in [2.45, 2.75) is 0 Å². The van der Waals surface area contributed by atoms with Crippen molar-refractivity contribution in [2.75, 3.05) is 0 Å². The molecule has 3 N–H and O–H groups in total. The van der Waals surface area contributed by atoms with Gasteiger partial charge in [-0.1, -0.05) is 30.3 Å². The van der Waals surface area contributed by atoms with E-state index >= 15 is 0 Å². The molecule has 0 saturated carbocycles. The fourth-order valence-electron chi connectivity index (χ4n) is 2.44. The summed E-state index contributed by atoms with van der Waals surface area (Å²) in [6.07, 6.45) is 2.68. The lowest BCUT2D eigenvalue weighted by Gasteiger charge is -2.09. The molecule has 0 atom stereocenters. The van der Waals surface area contributed by atoms with E-state index in [0.717, 1.165) is 0 Å². The highest BCUT2D eigenvalue weighted by molar-refractivity contribution is 6.09. The van der Waals surface area contributed by atoms with Crippen LogP contribution in [0.2, 0.25) is 0 Å². The number of ketones is 1. The normalized spacial score (nSPS) is 10.7. The van der Waals surface area contributed by atoms with Crippen LogP contribution in [0.15, 0.2) is 72.8 Å². The molecule has 0 radical (unpaired) electrons. The molecule has 3 rings (SSSR count). The molecular formula is C22H16O6. The Labute approximate surface area is 160 Å². The molecule has 0 spiro atoms. The van der Waals surface area contributed by atoms with Crippen LogP contribution in [-0.4, -0.2) is 27.1 Å². The molecule has 140 valence electrons. The Morgan fingerprint density at radius 1 is 0.821 bits per heavy atom. The number of carbonyl (C=O) groups excluding carboxylic acids is 2. The topological polar surface area (TPSA) is 104 Å². The van der Waals surface area contributed by atoms with E-state index in [1.54, 1.807) is 30.3 Å². The third kappa shape index (κ3) is 4.37. The summed E-state index contributed by atoms with van der Waals surface area (Å²) in [4.78, 5) is 24.8. The minimum Gasteiger partial charge on any atom is -0.508 e. The third-order valence-corrected chi connectivity index (χ3v) is 3.87. The molecule has 0 fully saturated rings. The highest BCUT2D eigenvalue weighted by Gasteiger charge is 2.16. The lowest BCUT2D eigenvalue weighted by molar-refractivity contribution is 0.0733. The van der Waals surface area contributed by atoms with Gasteiger partial charge in [0.15, 0.2) is 17.3 Å². The summed E-state index contributed by atoms with van der Waals surface area (Å²) in [6, 6.07) is 16.2. The van der Waals surface area contributed by atoms with Crippen LogP contribution >= 0.6 is 0 Å². The van der Waals surface area contributed by atoms with Crippen LogP contribution in [0.25, 0.3) is 6.08 Å². The molecule has 6 heteroatoms. The van der Waals surface area contributed by atoms with E-state index in [2.05, 4.69) is 0 Å². The number of phenols is 3. The maximum atomic E-state index is 12.5. The molecule has 0 aliphatic carbocycles. The maximum absolute atomic E-state index is 12.5. The highest BCUT2D eigenvalue weighted by atomic mass is 16.5. The molecular weight excluding hydrogens is 360 g/mol. The van der Waals surface area contributed by atoms with E-state index in [9.17, 15) is 24.9 Å². The Kier molecular flexibility index (Phi) is 5.41. The molecule has 0 heterocycles. The Morgan fingerprint density at radius 3 is 2.29 bits per heavy atom. The van der Waals surface area contributed by atoms with E-state index in [1.807, 2.05) is 0 Å². The maximum Gasteiger partial charge on any atom is 0.343 e. The summed E-state index contributed by atoms with van der Waals surface area (Å²) >= 11 is 0. The van der Waals surface area contributed by atoms with Gasteiger partial charge in [-0.25, -0.2) is 4.79 Å². The molecule has 3 aromatic rings. The lowest BCUT2D eigenvalue weighted by atomic mass is 10.1. The van der Waals surface area contributed by atoms with Crippen molar-refractivity contribution in [1.29, 1.82) is 0 Å². The van der Waals surface area contributed by atoms with Crippen molar-refractivity contribution in [1.82, 2.24) is 0 Å². The van der Waals surface area contributed by atoms with E-state index in [-0.39, 0.29) is 28.6 Å². The smallest absolute Gasteiger partial charge is 0.343 e. The van der Waals surface area contributed by atoms with Gasteiger partial charge in [-0.3, -0.25) is 4.79 Å². The fraction of sp³-hybridized carbons (Fsp3) is 0. The predicted molar refractivity (Wildman–Crippen MR) is 103 cm³/mol. The minimum absolute atomic E-state index is 0.0722. The van der Waals surface area contributed by atoms with Crippen molar-refractivity contribution < 1.29 is 29.6 Å². The molecule has 3 aromatic carbocycles. The number of hydrogen-bond acceptors (Lipinski definition) is 6. The summed E-state index contributed by atoms with van der Waals surface area (Å²) in [5.41, 5.74) is 0.881. The molecule has 0 amide bonds. The first-order valence-corrected chi connectivity index (χ1v) is 8.28. The van der Waals surface area contributed by atoms with Crippen molar-refractivity contribution in [3.8, 4) is 23.0 Å². The lowest BCUT2D eigenvalue weighted by Crippen LogP contribution is -2.11. The summed E-state index contributed by atoms with van der Waals surface area (Å²) < 4.78 is 5.29. The third-order valence-electron chi connectivity index (χ3n) is 3.87. The van der Waals surface area contributed by atoms with Gasteiger partial charge in [0.25, 0.3) is 0 Å². The molecule has 6 nitrogen and oxygen atoms in total. The van der Waals surface area contributed by atoms with E-state index < -0.39 is 11.8 Å². The van der Waals surface area contributed by atoms with Gasteiger partial charge in [0, 0.05) is 6.07 Å². The van der Waals surface area contributed by atoms with E-state index in [4.69, 9.17) is 4.74 Å². The first kappa shape index (κ1) is 18.7. The van der Waals surface area contributed by atoms with Crippen molar-refractivity contribution in [3.63, 3.8) is 0 Å². The number of ether oxygens (including phenoxy) is 1. The molecule has 0 bridgehead atoms. The molecule has 0 unspecified atom stereocenters. The number of aromatic hydroxyl groups is 3. The highest BCUT2D eigenvalue weighted by Crippen LogP contribution is 2.27. The first-order valence-electron chi connectivity index (χ1n) is 8.28. The second-order valence-corrected chi connectivity index (χ2v) is 5.88. The zero-order valence-corrected chi connectivity index (χ0v) is 14.6. The van der Waals surface area contributed by atoms with Crippen molar-refractivity contribution in [3.05, 3.63) is 89.5 Å². The van der Waals surface area contributed by atoms with Crippen molar-refractivity contribution >= 4 is 17.8 Å². The number of phenolic OH excluding ortho intramolecular Hbond substituents is 3. The van der Waals surface area contributed by atoms with Gasteiger partial charge in [0.05, 0.1) is 11.1 Å². The van der Waals surface area contributed by atoms with Crippen LogP contribution in [0.4, 0.5) is 0 Å². The van der Waals surface area contributed by atoms with E-state index in [1.165, 1.54) is 48.6 Å². The minimum atomic E-state index is -0.660. The second kappa shape index (κ2) is 8.09. The number of rotatable bonds is 5. The van der Waals surface area contributed by atoms with Crippen LogP contribution < -0.4 is 4.74 Å². The number of hydrogen-bond donors (Lipinski definition) is 3. The zero-order valence-electron chi connectivity index (χ0n) is 14.6. The van der Waals surface area contributed by atoms with Gasteiger partial charge in [-0.15, -0.1) is 0 Å².